The third-order valence-corrected chi connectivity index (χ3v) is 18.4. The number of aromatic nitrogens is 1. The van der Waals surface area contributed by atoms with Gasteiger partial charge in [-0.15, -0.1) is 0 Å². The van der Waals surface area contributed by atoms with Crippen molar-refractivity contribution >= 4 is 49.6 Å². The van der Waals surface area contributed by atoms with Crippen molar-refractivity contribution in [2.75, 3.05) is 4.90 Å². The minimum atomic E-state index is -0.626. The lowest BCUT2D eigenvalue weighted by molar-refractivity contribution is 0.660. The Balaban J connectivity index is 1.05. The van der Waals surface area contributed by atoms with Crippen LogP contribution in [-0.2, 0) is 16.2 Å². The first-order valence-electron chi connectivity index (χ1n) is 27.2. The Labute approximate surface area is 448 Å². The van der Waals surface area contributed by atoms with E-state index in [1.165, 1.54) is 133 Å². The fourth-order valence-electron chi connectivity index (χ4n) is 15.6. The molecule has 1 aromatic heterocycles. The highest BCUT2D eigenvalue weighted by molar-refractivity contribution is 6.15. The number of rotatable bonds is 5. The van der Waals surface area contributed by atoms with Crippen LogP contribution in [0.5, 0.6) is 0 Å². The molecule has 3 aliphatic carbocycles. The smallest absolute Gasteiger partial charge is 0.0755 e. The zero-order valence-corrected chi connectivity index (χ0v) is 42.8. The SMILES string of the molecule is CC1(C)c2ccccc2-c2c(N(c3cccc4c3-c3ccccc3C43c4ccccc4-n4c5ccccc5c5cccc3c54)c3cc4c(c5ccccc35)-c3ccccc3C4(c3ccccc3)c3ccccc3)cccc21. The number of anilines is 3. The molecule has 2 heteroatoms. The minimum absolute atomic E-state index is 0.219. The van der Waals surface area contributed by atoms with E-state index in [1.807, 2.05) is 0 Å². The van der Waals surface area contributed by atoms with Crippen LogP contribution in [-0.4, -0.2) is 4.57 Å². The molecule has 13 aromatic rings. The molecule has 0 saturated heterocycles. The average Bonchev–Trinajstić information content (AvgIpc) is 3.58. The molecule has 2 nitrogen and oxygen atoms in total. The molecule has 12 aromatic carbocycles. The van der Waals surface area contributed by atoms with Gasteiger partial charge in [-0.2, -0.15) is 0 Å². The van der Waals surface area contributed by atoms with E-state index in [1.54, 1.807) is 0 Å². The predicted molar refractivity (Wildman–Crippen MR) is 319 cm³/mol. The summed E-state index contributed by atoms with van der Waals surface area (Å²) in [7, 11) is 0. The highest BCUT2D eigenvalue weighted by Crippen LogP contribution is 2.66. The molecule has 1 aliphatic heterocycles. The Morgan fingerprint density at radius 3 is 1.47 bits per heavy atom. The van der Waals surface area contributed by atoms with Crippen molar-refractivity contribution in [3.63, 3.8) is 0 Å². The van der Waals surface area contributed by atoms with Gasteiger partial charge >= 0.3 is 0 Å². The average molecular weight is 979 g/mol. The molecule has 0 radical (unpaired) electrons. The molecule has 0 amide bonds. The van der Waals surface area contributed by atoms with E-state index >= 15 is 0 Å². The molecule has 360 valence electrons. The van der Waals surface area contributed by atoms with Gasteiger partial charge in [0.25, 0.3) is 0 Å². The zero-order chi connectivity index (χ0) is 50.8. The Morgan fingerprint density at radius 1 is 0.299 bits per heavy atom. The van der Waals surface area contributed by atoms with Crippen LogP contribution in [0.15, 0.2) is 267 Å². The molecule has 17 rings (SSSR count). The second-order valence-electron chi connectivity index (χ2n) is 22.2. The third kappa shape index (κ3) is 5.21. The van der Waals surface area contributed by atoms with E-state index in [0.29, 0.717) is 0 Å². The maximum Gasteiger partial charge on any atom is 0.0755 e. The van der Waals surface area contributed by atoms with Gasteiger partial charge in [-0.3, -0.25) is 0 Å². The van der Waals surface area contributed by atoms with Gasteiger partial charge < -0.3 is 9.47 Å². The zero-order valence-electron chi connectivity index (χ0n) is 42.8. The first-order chi connectivity index (χ1) is 38.0. The number of nitrogens with zero attached hydrogens (tertiary/aromatic N) is 2. The maximum atomic E-state index is 2.70. The molecule has 1 spiro atoms. The van der Waals surface area contributed by atoms with Gasteiger partial charge in [0.05, 0.1) is 44.6 Å². The normalized spacial score (nSPS) is 16.2. The summed E-state index contributed by atoms with van der Waals surface area (Å²) in [6, 6.07) is 102. The molecular formula is C75H50N2. The molecule has 0 fully saturated rings. The molecule has 77 heavy (non-hydrogen) atoms. The summed E-state index contributed by atoms with van der Waals surface area (Å²) >= 11 is 0. The summed E-state index contributed by atoms with van der Waals surface area (Å²) in [6.07, 6.45) is 0. The number of hydrogen-bond acceptors (Lipinski definition) is 1. The first kappa shape index (κ1) is 42.8. The van der Waals surface area contributed by atoms with E-state index in [9.17, 15) is 0 Å². The Morgan fingerprint density at radius 2 is 0.766 bits per heavy atom. The summed E-state index contributed by atoms with van der Waals surface area (Å²) < 4.78 is 2.55. The van der Waals surface area contributed by atoms with Gasteiger partial charge in [0.1, 0.15) is 0 Å². The van der Waals surface area contributed by atoms with Crippen molar-refractivity contribution in [2.24, 2.45) is 0 Å². The molecule has 1 atom stereocenters. The van der Waals surface area contributed by atoms with Gasteiger partial charge in [-0.05, 0) is 114 Å². The molecule has 4 aliphatic rings. The molecular weight excluding hydrogens is 929 g/mol. The summed E-state index contributed by atoms with van der Waals surface area (Å²) in [5, 5.41) is 5.00. The summed E-state index contributed by atoms with van der Waals surface area (Å²) in [5.74, 6) is 0. The maximum absolute atomic E-state index is 2.70. The Kier molecular flexibility index (Phi) is 8.51. The third-order valence-electron chi connectivity index (χ3n) is 18.4. The minimum Gasteiger partial charge on any atom is -0.309 e. The second kappa shape index (κ2) is 15.3. The highest BCUT2D eigenvalue weighted by Gasteiger charge is 2.53. The highest BCUT2D eigenvalue weighted by atomic mass is 15.2. The van der Waals surface area contributed by atoms with Crippen LogP contribution in [0.2, 0.25) is 0 Å². The fraction of sp³-hybridized carbons (Fsp3) is 0.0667. The van der Waals surface area contributed by atoms with Crippen LogP contribution in [0.25, 0.3) is 71.6 Å². The lowest BCUT2D eigenvalue weighted by atomic mass is 9.65. The monoisotopic (exact) mass is 978 g/mol. The van der Waals surface area contributed by atoms with E-state index in [0.717, 1.165) is 11.4 Å². The fourth-order valence-corrected chi connectivity index (χ4v) is 15.6. The molecule has 1 unspecified atom stereocenters. The first-order valence-corrected chi connectivity index (χ1v) is 27.2. The van der Waals surface area contributed by atoms with Gasteiger partial charge in [0, 0.05) is 32.7 Å². The molecule has 2 heterocycles. The lowest BCUT2D eigenvalue weighted by Gasteiger charge is -2.40. The molecule has 0 saturated carbocycles. The summed E-state index contributed by atoms with van der Waals surface area (Å²) in [4.78, 5) is 2.70. The van der Waals surface area contributed by atoms with E-state index in [-0.39, 0.29) is 5.41 Å². The van der Waals surface area contributed by atoms with Crippen LogP contribution in [0.3, 0.4) is 0 Å². The van der Waals surface area contributed by atoms with Crippen molar-refractivity contribution in [1.29, 1.82) is 0 Å². The van der Waals surface area contributed by atoms with Crippen molar-refractivity contribution in [1.82, 2.24) is 4.57 Å². The van der Waals surface area contributed by atoms with Crippen molar-refractivity contribution in [3.8, 4) is 39.1 Å². The second-order valence-corrected chi connectivity index (χ2v) is 22.2. The van der Waals surface area contributed by atoms with Crippen LogP contribution in [0, 0.1) is 0 Å². The molecule has 0 N–H and O–H groups in total. The number of para-hydroxylation sites is 3. The predicted octanol–water partition coefficient (Wildman–Crippen LogP) is 18.8. The van der Waals surface area contributed by atoms with Gasteiger partial charge in [0.15, 0.2) is 0 Å². The van der Waals surface area contributed by atoms with Crippen molar-refractivity contribution < 1.29 is 0 Å². The lowest BCUT2D eigenvalue weighted by Crippen LogP contribution is -2.33. The van der Waals surface area contributed by atoms with Crippen LogP contribution >= 0.6 is 0 Å². The standard InChI is InChI=1S/C75H50N2/c1-73(2)56-35-15-11-31-53(56)70-60(73)39-22-44-66(70)76(68-46-63-69(51-30-10-9-28-49(51)68)54-32-12-16-36-57(54)74(63,47-24-5-3-6-25-47)48-26-7-4-8-27-48)67-45-23-40-61-71(67)55-33-13-17-37-58(55)75(61)59-38-18-20-43-65(59)77-64-42-19-14-29-50(64)52-34-21-41-62(75)72(52)77/h3-46H,1-2H3. The van der Waals surface area contributed by atoms with Gasteiger partial charge in [0.2, 0.25) is 0 Å². The van der Waals surface area contributed by atoms with Crippen LogP contribution in [0.1, 0.15) is 69.5 Å². The van der Waals surface area contributed by atoms with Gasteiger partial charge in [-0.25, -0.2) is 0 Å². The Bertz CT molecular complexity index is 4630. The largest absolute Gasteiger partial charge is 0.309 e. The van der Waals surface area contributed by atoms with Crippen LogP contribution in [0.4, 0.5) is 17.1 Å². The Hall–Kier alpha value is -9.50. The van der Waals surface area contributed by atoms with E-state index in [4.69, 9.17) is 0 Å². The summed E-state index contributed by atoms with van der Waals surface area (Å²) in [6.45, 7) is 4.81. The van der Waals surface area contributed by atoms with E-state index < -0.39 is 10.8 Å². The summed E-state index contributed by atoms with van der Waals surface area (Å²) in [5.41, 5.74) is 26.4. The van der Waals surface area contributed by atoms with Gasteiger partial charge in [-0.1, -0.05) is 250 Å². The molecule has 0 bridgehead atoms. The number of hydrogen-bond donors (Lipinski definition) is 0. The van der Waals surface area contributed by atoms with E-state index in [2.05, 4.69) is 290 Å². The topological polar surface area (TPSA) is 8.17 Å². The number of benzene rings is 12. The van der Waals surface area contributed by atoms with Crippen molar-refractivity contribution in [3.05, 3.63) is 323 Å². The quantitative estimate of drug-likeness (QED) is 0.167. The number of fused-ring (bicyclic) bond motifs is 20. The van der Waals surface area contributed by atoms with Crippen LogP contribution < -0.4 is 4.90 Å². The van der Waals surface area contributed by atoms with Crippen molar-refractivity contribution in [2.45, 2.75) is 30.1 Å².